The van der Waals surface area contributed by atoms with E-state index in [1.807, 2.05) is 18.7 Å². The van der Waals surface area contributed by atoms with Crippen LogP contribution in [0, 0.1) is 0 Å². The van der Waals surface area contributed by atoms with Gasteiger partial charge in [-0.15, -0.1) is 0 Å². The number of thioether (sulfide) groups is 1. The largest absolute Gasteiger partial charge is 0.352 e. The summed E-state index contributed by atoms with van der Waals surface area (Å²) >= 11 is 1.98. The summed E-state index contributed by atoms with van der Waals surface area (Å²) in [6.07, 6.45) is 7.40. The lowest BCUT2D eigenvalue weighted by molar-refractivity contribution is -0.123. The summed E-state index contributed by atoms with van der Waals surface area (Å²) in [5, 5.41) is 6.62. The number of hydrogen-bond donors (Lipinski definition) is 2. The Morgan fingerprint density at radius 1 is 1.18 bits per heavy atom. The Morgan fingerprint density at radius 2 is 1.94 bits per heavy atom. The van der Waals surface area contributed by atoms with Crippen molar-refractivity contribution < 1.29 is 4.79 Å². The van der Waals surface area contributed by atoms with E-state index in [4.69, 9.17) is 0 Å². The summed E-state index contributed by atoms with van der Waals surface area (Å²) in [5.74, 6) is 2.57. The van der Waals surface area contributed by atoms with E-state index in [1.165, 1.54) is 31.4 Å². The van der Waals surface area contributed by atoms with Crippen LogP contribution in [0.25, 0.3) is 0 Å². The summed E-state index contributed by atoms with van der Waals surface area (Å²) in [5.41, 5.74) is 0. The molecule has 2 aliphatic rings. The van der Waals surface area contributed by atoms with Gasteiger partial charge in [0, 0.05) is 17.8 Å². The molecule has 2 N–H and O–H groups in total. The van der Waals surface area contributed by atoms with Gasteiger partial charge in [-0.1, -0.05) is 19.3 Å². The minimum Gasteiger partial charge on any atom is -0.352 e. The van der Waals surface area contributed by atoms with Crippen LogP contribution in [0.1, 0.15) is 45.4 Å². The topological polar surface area (TPSA) is 41.1 Å². The van der Waals surface area contributed by atoms with Gasteiger partial charge in [0.05, 0.1) is 6.04 Å². The molecule has 2 unspecified atom stereocenters. The maximum atomic E-state index is 12.0. The van der Waals surface area contributed by atoms with E-state index in [1.54, 1.807) is 0 Å². The first kappa shape index (κ1) is 13.2. The molecule has 0 spiro atoms. The maximum absolute atomic E-state index is 12.0. The molecular weight excluding hydrogens is 232 g/mol. The first-order valence-corrected chi connectivity index (χ1v) is 8.05. The molecule has 98 valence electrons. The van der Waals surface area contributed by atoms with Crippen molar-refractivity contribution in [2.45, 2.75) is 63.6 Å². The Kier molecular flexibility index (Phi) is 5.16. The SMILES string of the molecule is CC(NC1CCSC1)C(=O)NC1CCCCC1. The predicted molar refractivity (Wildman–Crippen MR) is 73.3 cm³/mol. The third-order valence-corrected chi connectivity index (χ3v) is 4.92. The summed E-state index contributed by atoms with van der Waals surface area (Å²) < 4.78 is 0. The summed E-state index contributed by atoms with van der Waals surface area (Å²) in [4.78, 5) is 12.0. The van der Waals surface area contributed by atoms with Gasteiger partial charge in [-0.05, 0) is 31.9 Å². The Bertz CT molecular complexity index is 248. The Morgan fingerprint density at radius 3 is 2.59 bits per heavy atom. The van der Waals surface area contributed by atoms with Crippen LogP contribution >= 0.6 is 11.8 Å². The number of nitrogens with one attached hydrogen (secondary N) is 2. The predicted octanol–water partition coefficient (Wildman–Crippen LogP) is 1.92. The molecule has 0 radical (unpaired) electrons. The molecule has 1 heterocycles. The number of carbonyl (C=O) groups is 1. The normalized spacial score (nSPS) is 27.9. The lowest BCUT2D eigenvalue weighted by Gasteiger charge is -2.25. The molecule has 1 saturated carbocycles. The second kappa shape index (κ2) is 6.64. The molecular formula is C13H24N2OS. The van der Waals surface area contributed by atoms with Gasteiger partial charge in [-0.3, -0.25) is 4.79 Å². The monoisotopic (exact) mass is 256 g/mol. The highest BCUT2D eigenvalue weighted by atomic mass is 32.2. The number of rotatable bonds is 4. The van der Waals surface area contributed by atoms with Crippen LogP contribution < -0.4 is 10.6 Å². The minimum atomic E-state index is -0.0411. The molecule has 0 aromatic heterocycles. The van der Waals surface area contributed by atoms with Crippen LogP contribution in [0.3, 0.4) is 0 Å². The second-order valence-corrected chi connectivity index (χ2v) is 6.44. The molecule has 1 saturated heterocycles. The molecule has 3 nitrogen and oxygen atoms in total. The van der Waals surface area contributed by atoms with Crippen molar-refractivity contribution in [3.63, 3.8) is 0 Å². The number of hydrogen-bond acceptors (Lipinski definition) is 3. The van der Waals surface area contributed by atoms with E-state index in [2.05, 4.69) is 10.6 Å². The second-order valence-electron chi connectivity index (χ2n) is 5.29. The van der Waals surface area contributed by atoms with Crippen molar-refractivity contribution in [2.24, 2.45) is 0 Å². The summed E-state index contributed by atoms with van der Waals surface area (Å²) in [6, 6.07) is 0.922. The highest BCUT2D eigenvalue weighted by Crippen LogP contribution is 2.19. The van der Waals surface area contributed by atoms with Crippen molar-refractivity contribution in [1.29, 1.82) is 0 Å². The van der Waals surface area contributed by atoms with Gasteiger partial charge in [0.2, 0.25) is 5.91 Å². The van der Waals surface area contributed by atoms with Gasteiger partial charge in [-0.25, -0.2) is 0 Å². The van der Waals surface area contributed by atoms with Gasteiger partial charge in [0.1, 0.15) is 0 Å². The van der Waals surface area contributed by atoms with Crippen LogP contribution in [-0.2, 0) is 4.79 Å². The third-order valence-electron chi connectivity index (χ3n) is 3.76. The van der Waals surface area contributed by atoms with Gasteiger partial charge < -0.3 is 10.6 Å². The number of amides is 1. The van der Waals surface area contributed by atoms with Crippen LogP contribution in [0.2, 0.25) is 0 Å². The Labute approximate surface area is 108 Å². The van der Waals surface area contributed by atoms with Crippen molar-refractivity contribution in [3.8, 4) is 0 Å². The fraction of sp³-hybridized carbons (Fsp3) is 0.923. The highest BCUT2D eigenvalue weighted by Gasteiger charge is 2.23. The van der Waals surface area contributed by atoms with E-state index < -0.39 is 0 Å². The fourth-order valence-corrected chi connectivity index (χ4v) is 3.83. The van der Waals surface area contributed by atoms with Crippen molar-refractivity contribution >= 4 is 17.7 Å². The zero-order chi connectivity index (χ0) is 12.1. The van der Waals surface area contributed by atoms with Crippen LogP contribution in [-0.4, -0.2) is 35.5 Å². The molecule has 17 heavy (non-hydrogen) atoms. The molecule has 4 heteroatoms. The molecule has 1 aliphatic carbocycles. The molecule has 0 aromatic rings. The van der Waals surface area contributed by atoms with Crippen molar-refractivity contribution in [1.82, 2.24) is 10.6 Å². The molecule has 0 bridgehead atoms. The third kappa shape index (κ3) is 4.18. The summed E-state index contributed by atoms with van der Waals surface area (Å²) in [7, 11) is 0. The molecule has 1 amide bonds. The van der Waals surface area contributed by atoms with Gasteiger partial charge in [0.25, 0.3) is 0 Å². The van der Waals surface area contributed by atoms with E-state index in [0.717, 1.165) is 18.6 Å². The van der Waals surface area contributed by atoms with Gasteiger partial charge in [0.15, 0.2) is 0 Å². The number of carbonyl (C=O) groups excluding carboxylic acids is 1. The first-order valence-electron chi connectivity index (χ1n) is 6.90. The van der Waals surface area contributed by atoms with Crippen molar-refractivity contribution in [3.05, 3.63) is 0 Å². The van der Waals surface area contributed by atoms with Gasteiger partial charge >= 0.3 is 0 Å². The molecule has 2 fully saturated rings. The molecule has 2 atom stereocenters. The summed E-state index contributed by atoms with van der Waals surface area (Å²) in [6.45, 7) is 1.99. The zero-order valence-corrected chi connectivity index (χ0v) is 11.5. The fourth-order valence-electron chi connectivity index (χ4n) is 2.67. The van der Waals surface area contributed by atoms with E-state index >= 15 is 0 Å². The lowest BCUT2D eigenvalue weighted by atomic mass is 9.95. The standard InChI is InChI=1S/C13H24N2OS/c1-10(14-12-7-8-17-9-12)13(16)15-11-5-3-2-4-6-11/h10-12,14H,2-9H2,1H3,(H,15,16). The van der Waals surface area contributed by atoms with Crippen molar-refractivity contribution in [2.75, 3.05) is 11.5 Å². The Balaban J connectivity index is 1.70. The zero-order valence-electron chi connectivity index (χ0n) is 10.7. The molecule has 1 aliphatic heterocycles. The minimum absolute atomic E-state index is 0.0411. The average Bonchev–Trinajstić information content (AvgIpc) is 2.83. The highest BCUT2D eigenvalue weighted by molar-refractivity contribution is 7.99. The van der Waals surface area contributed by atoms with E-state index in [9.17, 15) is 4.79 Å². The first-order chi connectivity index (χ1) is 8.25. The quantitative estimate of drug-likeness (QED) is 0.807. The lowest BCUT2D eigenvalue weighted by Crippen LogP contribution is -2.49. The maximum Gasteiger partial charge on any atom is 0.237 e. The van der Waals surface area contributed by atoms with E-state index in [0.29, 0.717) is 12.1 Å². The van der Waals surface area contributed by atoms with Gasteiger partial charge in [-0.2, -0.15) is 11.8 Å². The molecule has 0 aromatic carbocycles. The smallest absolute Gasteiger partial charge is 0.237 e. The molecule has 2 rings (SSSR count). The van der Waals surface area contributed by atoms with Crippen LogP contribution in [0.4, 0.5) is 0 Å². The average molecular weight is 256 g/mol. The van der Waals surface area contributed by atoms with Crippen LogP contribution in [0.5, 0.6) is 0 Å². The Hall–Kier alpha value is -0.220. The van der Waals surface area contributed by atoms with Crippen LogP contribution in [0.15, 0.2) is 0 Å². The van der Waals surface area contributed by atoms with E-state index in [-0.39, 0.29) is 11.9 Å².